The van der Waals surface area contributed by atoms with Gasteiger partial charge in [0.25, 0.3) is 0 Å². The number of aldehydes is 1. The van der Waals surface area contributed by atoms with Crippen molar-refractivity contribution < 1.29 is 19.0 Å². The summed E-state index contributed by atoms with van der Waals surface area (Å²) < 4.78 is 16.4. The number of rotatable bonds is 5. The normalized spacial score (nSPS) is 44.3. The highest BCUT2D eigenvalue weighted by Crippen LogP contribution is 2.39. The molecule has 0 aromatic rings. The van der Waals surface area contributed by atoms with Crippen LogP contribution in [0.2, 0.25) is 0 Å². The van der Waals surface area contributed by atoms with Crippen LogP contribution in [-0.4, -0.2) is 38.0 Å². The predicted molar refractivity (Wildman–Crippen MR) is 58.0 cm³/mol. The average Bonchev–Trinajstić information content (AvgIpc) is 2.99. The van der Waals surface area contributed by atoms with Crippen LogP contribution in [0.1, 0.15) is 26.7 Å². The Hall–Kier alpha value is -0.450. The monoisotopic (exact) mass is 228 g/mol. The van der Waals surface area contributed by atoms with Crippen LogP contribution in [0, 0.1) is 11.8 Å². The molecule has 0 bridgehead atoms. The van der Waals surface area contributed by atoms with Gasteiger partial charge < -0.3 is 19.0 Å². The van der Waals surface area contributed by atoms with Crippen LogP contribution in [0.15, 0.2) is 0 Å². The van der Waals surface area contributed by atoms with E-state index in [9.17, 15) is 4.79 Å². The lowest BCUT2D eigenvalue weighted by atomic mass is 9.90. The Morgan fingerprint density at radius 1 is 1.50 bits per heavy atom. The Morgan fingerprint density at radius 3 is 2.75 bits per heavy atom. The summed E-state index contributed by atoms with van der Waals surface area (Å²) in [5, 5.41) is 0. The van der Waals surface area contributed by atoms with Crippen LogP contribution in [0.25, 0.3) is 0 Å². The number of hydrogen-bond donors (Lipinski definition) is 0. The highest BCUT2D eigenvalue weighted by atomic mass is 16.8. The zero-order valence-corrected chi connectivity index (χ0v) is 10.1. The summed E-state index contributed by atoms with van der Waals surface area (Å²) >= 11 is 0. The van der Waals surface area contributed by atoms with Crippen molar-refractivity contribution in [2.75, 3.05) is 7.11 Å². The average molecular weight is 228 g/mol. The van der Waals surface area contributed by atoms with Crippen molar-refractivity contribution >= 4 is 6.29 Å². The molecule has 0 spiro atoms. The first kappa shape index (κ1) is 12.0. The molecule has 0 unspecified atom stereocenters. The minimum absolute atomic E-state index is 0.0137. The first-order chi connectivity index (χ1) is 7.71. The van der Waals surface area contributed by atoms with Crippen LogP contribution in [-0.2, 0) is 19.0 Å². The molecule has 0 aliphatic carbocycles. The third-order valence-electron chi connectivity index (χ3n) is 3.65. The molecule has 4 heteroatoms. The van der Waals surface area contributed by atoms with E-state index in [0.717, 1.165) is 19.1 Å². The summed E-state index contributed by atoms with van der Waals surface area (Å²) in [5.74, 6) is 0.432. The van der Waals surface area contributed by atoms with Gasteiger partial charge in [-0.1, -0.05) is 13.8 Å². The number of methoxy groups -OCH3 is 1. The Labute approximate surface area is 96.2 Å². The molecule has 92 valence electrons. The molecule has 2 fully saturated rings. The van der Waals surface area contributed by atoms with Crippen molar-refractivity contribution in [3.63, 3.8) is 0 Å². The molecule has 0 radical (unpaired) electrons. The van der Waals surface area contributed by atoms with Crippen LogP contribution in [0.3, 0.4) is 0 Å². The quantitative estimate of drug-likeness (QED) is 0.527. The van der Waals surface area contributed by atoms with Crippen molar-refractivity contribution in [3.8, 4) is 0 Å². The first-order valence-electron chi connectivity index (χ1n) is 6.00. The van der Waals surface area contributed by atoms with Gasteiger partial charge in [0, 0.05) is 13.0 Å². The largest absolute Gasteiger partial charge is 0.371 e. The smallest absolute Gasteiger partial charge is 0.186 e. The van der Waals surface area contributed by atoms with E-state index >= 15 is 0 Å². The summed E-state index contributed by atoms with van der Waals surface area (Å²) in [6.45, 7) is 4.16. The van der Waals surface area contributed by atoms with Crippen molar-refractivity contribution in [2.24, 2.45) is 11.8 Å². The summed E-state index contributed by atoms with van der Waals surface area (Å²) in [5.41, 5.74) is 0. The maximum absolute atomic E-state index is 10.9. The number of ether oxygens (including phenoxy) is 3. The van der Waals surface area contributed by atoms with Crippen molar-refractivity contribution in [2.45, 2.75) is 51.3 Å². The molecule has 0 aromatic carbocycles. The lowest BCUT2D eigenvalue weighted by Gasteiger charge is -2.20. The fourth-order valence-corrected chi connectivity index (χ4v) is 2.59. The summed E-state index contributed by atoms with van der Waals surface area (Å²) in [4.78, 5) is 10.9. The van der Waals surface area contributed by atoms with Crippen molar-refractivity contribution in [1.82, 2.24) is 0 Å². The Kier molecular flexibility index (Phi) is 3.62. The first-order valence-corrected chi connectivity index (χ1v) is 6.00. The molecule has 16 heavy (non-hydrogen) atoms. The lowest BCUT2D eigenvalue weighted by molar-refractivity contribution is -0.117. The lowest BCUT2D eigenvalue weighted by Crippen LogP contribution is -2.27. The van der Waals surface area contributed by atoms with Gasteiger partial charge >= 0.3 is 0 Å². The second-order valence-corrected chi connectivity index (χ2v) is 4.77. The maximum Gasteiger partial charge on any atom is 0.186 e. The molecular weight excluding hydrogens is 208 g/mol. The topological polar surface area (TPSA) is 48.1 Å². The van der Waals surface area contributed by atoms with Gasteiger partial charge in [-0.3, -0.25) is 0 Å². The number of carbonyl (C=O) groups is 1. The highest BCUT2D eigenvalue weighted by Gasteiger charge is 2.51. The van der Waals surface area contributed by atoms with Gasteiger partial charge in [-0.15, -0.1) is 0 Å². The Bertz CT molecular complexity index is 255. The minimum Gasteiger partial charge on any atom is -0.371 e. The fraction of sp³-hybridized carbons (Fsp3) is 0.917. The number of hydrogen-bond acceptors (Lipinski definition) is 4. The second-order valence-electron chi connectivity index (χ2n) is 4.77. The molecule has 4 nitrogen and oxygen atoms in total. The predicted octanol–water partition coefficient (Wildman–Crippen LogP) is 1.38. The van der Waals surface area contributed by atoms with Crippen LogP contribution >= 0.6 is 0 Å². The zero-order chi connectivity index (χ0) is 11.7. The molecule has 2 aliphatic rings. The summed E-state index contributed by atoms with van der Waals surface area (Å²) in [6, 6.07) is 0. The number of carbonyl (C=O) groups excluding carboxylic acids is 1. The molecule has 0 N–H and O–H groups in total. The van der Waals surface area contributed by atoms with E-state index in [2.05, 4.69) is 6.92 Å². The Morgan fingerprint density at radius 2 is 2.25 bits per heavy atom. The minimum atomic E-state index is -0.104. The molecular formula is C12H20O4. The van der Waals surface area contributed by atoms with Crippen LogP contribution < -0.4 is 0 Å². The van der Waals surface area contributed by atoms with E-state index in [1.165, 1.54) is 0 Å². The van der Waals surface area contributed by atoms with E-state index in [4.69, 9.17) is 14.2 Å². The van der Waals surface area contributed by atoms with Crippen molar-refractivity contribution in [3.05, 3.63) is 0 Å². The SMILES string of the molecule is CC[C@H](C=O)[C@H]1O[C@H]([C@@H]2O[C@@H]2OC)C[C@@H]1C. The maximum atomic E-state index is 10.9. The van der Waals surface area contributed by atoms with Gasteiger partial charge in [-0.25, -0.2) is 0 Å². The van der Waals surface area contributed by atoms with Crippen molar-refractivity contribution in [1.29, 1.82) is 0 Å². The van der Waals surface area contributed by atoms with E-state index in [1.807, 2.05) is 6.92 Å². The van der Waals surface area contributed by atoms with Crippen LogP contribution in [0.4, 0.5) is 0 Å². The molecule has 2 rings (SSSR count). The third kappa shape index (κ3) is 2.14. The summed E-state index contributed by atoms with van der Waals surface area (Å²) in [7, 11) is 1.64. The van der Waals surface area contributed by atoms with E-state index in [-0.39, 0.29) is 30.5 Å². The molecule has 0 aromatic heterocycles. The van der Waals surface area contributed by atoms with Gasteiger partial charge in [0.1, 0.15) is 12.4 Å². The molecule has 0 amide bonds. The number of epoxide rings is 1. The zero-order valence-electron chi connectivity index (χ0n) is 10.1. The van der Waals surface area contributed by atoms with Crippen LogP contribution in [0.5, 0.6) is 0 Å². The molecule has 2 heterocycles. The van der Waals surface area contributed by atoms with Gasteiger partial charge in [-0.2, -0.15) is 0 Å². The highest BCUT2D eigenvalue weighted by molar-refractivity contribution is 5.54. The van der Waals surface area contributed by atoms with Gasteiger partial charge in [-0.05, 0) is 18.8 Å². The standard InChI is InChI=1S/C12H20O4/c1-4-8(6-13)10-7(2)5-9(15-10)11-12(14-3)16-11/h6-12H,4-5H2,1-3H3/t7-,8+,9-,10-,11-,12-/m0/s1. The van der Waals surface area contributed by atoms with E-state index < -0.39 is 0 Å². The molecule has 2 saturated heterocycles. The van der Waals surface area contributed by atoms with E-state index in [1.54, 1.807) is 7.11 Å². The van der Waals surface area contributed by atoms with E-state index in [0.29, 0.717) is 5.92 Å². The third-order valence-corrected chi connectivity index (χ3v) is 3.65. The van der Waals surface area contributed by atoms with Gasteiger partial charge in [0.05, 0.1) is 12.2 Å². The molecule has 6 atom stereocenters. The molecule has 0 saturated carbocycles. The summed E-state index contributed by atoms with van der Waals surface area (Å²) in [6.07, 6.45) is 2.93. The van der Waals surface area contributed by atoms with Gasteiger partial charge in [0.2, 0.25) is 0 Å². The van der Waals surface area contributed by atoms with Gasteiger partial charge in [0.15, 0.2) is 6.29 Å². The fourth-order valence-electron chi connectivity index (χ4n) is 2.59. The molecule has 2 aliphatic heterocycles. The second kappa shape index (κ2) is 4.82. The Balaban J connectivity index is 1.91.